The highest BCUT2D eigenvalue weighted by Gasteiger charge is 2.36. The highest BCUT2D eigenvalue weighted by atomic mass is 16.5. The van der Waals surface area contributed by atoms with Crippen molar-refractivity contribution in [3.8, 4) is 0 Å². The molecular formula is C12H25NO. The third-order valence-electron chi connectivity index (χ3n) is 3.52. The zero-order chi connectivity index (χ0) is 10.6. The maximum Gasteiger partial charge on any atom is 0.0574 e. The van der Waals surface area contributed by atoms with E-state index in [-0.39, 0.29) is 0 Å². The Morgan fingerprint density at radius 2 is 1.71 bits per heavy atom. The van der Waals surface area contributed by atoms with Crippen molar-refractivity contribution < 1.29 is 4.74 Å². The second kappa shape index (κ2) is 5.72. The molecule has 3 unspecified atom stereocenters. The quantitative estimate of drug-likeness (QED) is 0.643. The summed E-state index contributed by atoms with van der Waals surface area (Å²) >= 11 is 0. The van der Waals surface area contributed by atoms with Gasteiger partial charge >= 0.3 is 0 Å². The molecule has 1 heterocycles. The van der Waals surface area contributed by atoms with Gasteiger partial charge in [0.1, 0.15) is 0 Å². The normalized spacial score (nSPS) is 37.3. The highest BCUT2D eigenvalue weighted by Crippen LogP contribution is 2.36. The van der Waals surface area contributed by atoms with E-state index in [0.717, 1.165) is 11.8 Å². The van der Waals surface area contributed by atoms with Crippen LogP contribution in [0.5, 0.6) is 0 Å². The average molecular weight is 199 g/mol. The summed E-state index contributed by atoms with van der Waals surface area (Å²) in [5.41, 5.74) is 0. The Labute approximate surface area is 88.6 Å². The van der Waals surface area contributed by atoms with Crippen LogP contribution in [0, 0.1) is 11.8 Å². The molecule has 0 amide bonds. The van der Waals surface area contributed by atoms with Crippen molar-refractivity contribution in [2.24, 2.45) is 11.8 Å². The molecule has 2 nitrogen and oxygen atoms in total. The molecule has 0 bridgehead atoms. The Balaban J connectivity index is 0.000000461. The lowest BCUT2D eigenvalue weighted by atomic mass is 9.80. The Kier molecular flexibility index (Phi) is 4.90. The van der Waals surface area contributed by atoms with Crippen LogP contribution in [-0.2, 0) is 4.74 Å². The van der Waals surface area contributed by atoms with Gasteiger partial charge in [-0.2, -0.15) is 0 Å². The molecule has 2 rings (SSSR count). The number of methoxy groups -OCH3 is 1. The van der Waals surface area contributed by atoms with Crippen LogP contribution in [0.3, 0.4) is 0 Å². The molecule has 0 N–H and O–H groups in total. The number of fused-ring (bicyclic) bond motifs is 1. The third kappa shape index (κ3) is 2.71. The lowest BCUT2D eigenvalue weighted by Gasteiger charge is -2.29. The minimum atomic E-state index is 0.553. The van der Waals surface area contributed by atoms with Gasteiger partial charge in [0.05, 0.1) is 6.10 Å². The van der Waals surface area contributed by atoms with E-state index in [1.807, 2.05) is 21.0 Å². The van der Waals surface area contributed by atoms with E-state index in [2.05, 4.69) is 11.9 Å². The molecule has 1 aliphatic heterocycles. The van der Waals surface area contributed by atoms with Crippen LogP contribution in [0.15, 0.2) is 0 Å². The third-order valence-corrected chi connectivity index (χ3v) is 3.52. The molecule has 1 saturated heterocycles. The lowest BCUT2D eigenvalue weighted by Crippen LogP contribution is -2.27. The number of nitrogens with zero attached hydrogens (tertiary/aromatic N) is 1. The van der Waals surface area contributed by atoms with Crippen molar-refractivity contribution in [3.63, 3.8) is 0 Å². The molecule has 0 aromatic heterocycles. The summed E-state index contributed by atoms with van der Waals surface area (Å²) in [6.45, 7) is 6.62. The van der Waals surface area contributed by atoms with Crippen LogP contribution < -0.4 is 0 Å². The zero-order valence-electron chi connectivity index (χ0n) is 10.1. The molecule has 14 heavy (non-hydrogen) atoms. The Morgan fingerprint density at radius 3 is 2.36 bits per heavy atom. The molecule has 0 radical (unpaired) electrons. The van der Waals surface area contributed by atoms with Crippen molar-refractivity contribution in [1.29, 1.82) is 0 Å². The summed E-state index contributed by atoms with van der Waals surface area (Å²) in [6.07, 6.45) is 4.52. The first-order valence-electron chi connectivity index (χ1n) is 6.01. The van der Waals surface area contributed by atoms with Crippen LogP contribution >= 0.6 is 0 Å². The standard InChI is InChI=1S/C10H19NO.C2H6/c1-11-6-8-3-4-10(12-2)5-9(8)7-11;1-2/h8-10H,3-7H2,1-2H3;1-2H3. The van der Waals surface area contributed by atoms with Gasteiger partial charge in [0, 0.05) is 20.2 Å². The van der Waals surface area contributed by atoms with Crippen molar-refractivity contribution in [2.75, 3.05) is 27.2 Å². The van der Waals surface area contributed by atoms with Crippen LogP contribution in [0.1, 0.15) is 33.1 Å². The summed E-state index contributed by atoms with van der Waals surface area (Å²) in [5.74, 6) is 1.90. The van der Waals surface area contributed by atoms with E-state index in [4.69, 9.17) is 4.74 Å². The van der Waals surface area contributed by atoms with Gasteiger partial charge in [-0.3, -0.25) is 0 Å². The maximum absolute atomic E-state index is 5.42. The first kappa shape index (κ1) is 12.0. The summed E-state index contributed by atoms with van der Waals surface area (Å²) in [5, 5.41) is 0. The molecule has 2 fully saturated rings. The highest BCUT2D eigenvalue weighted by molar-refractivity contribution is 4.88. The molecule has 3 atom stereocenters. The van der Waals surface area contributed by atoms with Crippen LogP contribution in [-0.4, -0.2) is 38.3 Å². The minimum absolute atomic E-state index is 0.553. The Bertz CT molecular complexity index is 160. The number of hydrogen-bond acceptors (Lipinski definition) is 2. The van der Waals surface area contributed by atoms with Crippen molar-refractivity contribution in [2.45, 2.75) is 39.2 Å². The van der Waals surface area contributed by atoms with Crippen molar-refractivity contribution in [3.05, 3.63) is 0 Å². The fraction of sp³-hybridized carbons (Fsp3) is 1.00. The predicted molar refractivity (Wildman–Crippen MR) is 60.5 cm³/mol. The zero-order valence-corrected chi connectivity index (χ0v) is 10.1. The topological polar surface area (TPSA) is 12.5 Å². The predicted octanol–water partition coefficient (Wildman–Crippen LogP) is 2.39. The molecule has 0 aromatic carbocycles. The molecule has 0 spiro atoms. The summed E-state index contributed by atoms with van der Waals surface area (Å²) in [4.78, 5) is 2.47. The second-order valence-electron chi connectivity index (χ2n) is 4.41. The molecular weight excluding hydrogens is 174 g/mol. The monoisotopic (exact) mass is 199 g/mol. The molecule has 0 aromatic rings. The van der Waals surface area contributed by atoms with Crippen LogP contribution in [0.2, 0.25) is 0 Å². The van der Waals surface area contributed by atoms with Gasteiger partial charge < -0.3 is 9.64 Å². The summed E-state index contributed by atoms with van der Waals surface area (Å²) in [7, 11) is 4.09. The van der Waals surface area contributed by atoms with Crippen LogP contribution in [0.25, 0.3) is 0 Å². The smallest absolute Gasteiger partial charge is 0.0574 e. The Hall–Kier alpha value is -0.0800. The SMILES string of the molecule is CC.COC1CCC2CN(C)CC2C1. The largest absolute Gasteiger partial charge is 0.381 e. The molecule has 84 valence electrons. The van der Waals surface area contributed by atoms with Gasteiger partial charge in [-0.25, -0.2) is 0 Å². The fourth-order valence-corrected chi connectivity index (χ4v) is 2.84. The Morgan fingerprint density at radius 1 is 1.07 bits per heavy atom. The van der Waals surface area contributed by atoms with E-state index >= 15 is 0 Å². The fourth-order valence-electron chi connectivity index (χ4n) is 2.84. The summed E-state index contributed by atoms with van der Waals surface area (Å²) < 4.78 is 5.42. The minimum Gasteiger partial charge on any atom is -0.381 e. The van der Waals surface area contributed by atoms with E-state index < -0.39 is 0 Å². The summed E-state index contributed by atoms with van der Waals surface area (Å²) in [6, 6.07) is 0. The van der Waals surface area contributed by atoms with Crippen molar-refractivity contribution in [1.82, 2.24) is 4.90 Å². The number of likely N-dealkylation sites (tertiary alicyclic amines) is 1. The van der Waals surface area contributed by atoms with E-state index in [1.54, 1.807) is 0 Å². The molecule has 2 heteroatoms. The molecule has 1 aliphatic carbocycles. The van der Waals surface area contributed by atoms with E-state index in [0.29, 0.717) is 6.10 Å². The average Bonchev–Trinajstić information content (AvgIpc) is 2.59. The first-order chi connectivity index (χ1) is 6.79. The van der Waals surface area contributed by atoms with Gasteiger partial charge in [-0.15, -0.1) is 0 Å². The maximum atomic E-state index is 5.42. The number of rotatable bonds is 1. The lowest BCUT2D eigenvalue weighted by molar-refractivity contribution is 0.0409. The number of ether oxygens (including phenoxy) is 1. The molecule has 1 saturated carbocycles. The van der Waals surface area contributed by atoms with Gasteiger partial charge in [-0.05, 0) is 38.1 Å². The molecule has 2 aliphatic rings. The van der Waals surface area contributed by atoms with Gasteiger partial charge in [0.2, 0.25) is 0 Å². The second-order valence-corrected chi connectivity index (χ2v) is 4.41. The van der Waals surface area contributed by atoms with E-state index in [9.17, 15) is 0 Å². The van der Waals surface area contributed by atoms with Gasteiger partial charge in [0.15, 0.2) is 0 Å². The first-order valence-corrected chi connectivity index (χ1v) is 6.01. The van der Waals surface area contributed by atoms with Gasteiger partial charge in [0.25, 0.3) is 0 Å². The van der Waals surface area contributed by atoms with Gasteiger partial charge in [-0.1, -0.05) is 13.8 Å². The van der Waals surface area contributed by atoms with Crippen molar-refractivity contribution >= 4 is 0 Å². The van der Waals surface area contributed by atoms with E-state index in [1.165, 1.54) is 32.4 Å². The van der Waals surface area contributed by atoms with Crippen LogP contribution in [0.4, 0.5) is 0 Å². The number of hydrogen-bond donors (Lipinski definition) is 0.